The van der Waals surface area contributed by atoms with Gasteiger partial charge in [-0.15, -0.1) is 0 Å². The highest BCUT2D eigenvalue weighted by molar-refractivity contribution is 5.88. The summed E-state index contributed by atoms with van der Waals surface area (Å²) >= 11 is 0. The number of rotatable bonds is 3. The molecule has 2 bridgehead atoms. The highest BCUT2D eigenvalue weighted by Gasteiger charge is 2.48. The van der Waals surface area contributed by atoms with Crippen molar-refractivity contribution in [2.45, 2.75) is 46.0 Å². The van der Waals surface area contributed by atoms with E-state index in [1.165, 1.54) is 0 Å². The molecule has 0 aromatic carbocycles. The Kier molecular flexibility index (Phi) is 2.50. The van der Waals surface area contributed by atoms with E-state index in [0.29, 0.717) is 17.6 Å². The van der Waals surface area contributed by atoms with Crippen LogP contribution in [0.1, 0.15) is 46.0 Å². The van der Waals surface area contributed by atoms with Crippen LogP contribution in [0.15, 0.2) is 12.2 Å². The van der Waals surface area contributed by atoms with Crippen LogP contribution >= 0.6 is 0 Å². The SMILES string of the molecule is CCC(CC)C12C=CC(CCC1=O)C2. The van der Waals surface area contributed by atoms with Gasteiger partial charge in [0, 0.05) is 6.42 Å². The molecule has 0 N–H and O–H groups in total. The third-order valence-electron chi connectivity index (χ3n) is 4.24. The lowest BCUT2D eigenvalue weighted by Crippen LogP contribution is -2.38. The zero-order chi connectivity index (χ0) is 10.2. The Labute approximate surface area is 86.6 Å². The minimum absolute atomic E-state index is 0.0492. The molecule has 2 atom stereocenters. The Hall–Kier alpha value is -0.590. The Morgan fingerprint density at radius 1 is 1.50 bits per heavy atom. The number of hydrogen-bond donors (Lipinski definition) is 0. The van der Waals surface area contributed by atoms with E-state index in [-0.39, 0.29) is 5.41 Å². The molecule has 1 nitrogen and oxygen atoms in total. The number of hydrogen-bond acceptors (Lipinski definition) is 1. The van der Waals surface area contributed by atoms with Crippen LogP contribution in [0.2, 0.25) is 0 Å². The quantitative estimate of drug-likeness (QED) is 0.627. The standard InChI is InChI=1S/C13H20O/c1-3-11(4-2)13-8-7-10(9-13)5-6-12(13)14/h7-8,10-11H,3-6,9H2,1-2H3. The molecule has 2 unspecified atom stereocenters. The molecule has 0 aliphatic heterocycles. The average molecular weight is 192 g/mol. The van der Waals surface area contributed by atoms with E-state index in [4.69, 9.17) is 0 Å². The maximum atomic E-state index is 12.1. The van der Waals surface area contributed by atoms with Gasteiger partial charge in [-0.05, 0) is 24.7 Å². The molecular weight excluding hydrogens is 172 g/mol. The van der Waals surface area contributed by atoms with Gasteiger partial charge in [-0.3, -0.25) is 4.79 Å². The van der Waals surface area contributed by atoms with Crippen LogP contribution in [0.4, 0.5) is 0 Å². The molecule has 0 spiro atoms. The first-order chi connectivity index (χ1) is 6.73. The summed E-state index contributed by atoms with van der Waals surface area (Å²) in [6.45, 7) is 4.43. The van der Waals surface area contributed by atoms with E-state index in [1.807, 2.05) is 0 Å². The van der Waals surface area contributed by atoms with Crippen molar-refractivity contribution in [1.82, 2.24) is 0 Å². The predicted molar refractivity (Wildman–Crippen MR) is 58.0 cm³/mol. The minimum atomic E-state index is -0.0492. The number of carbonyl (C=O) groups excluding carboxylic acids is 1. The fraction of sp³-hybridized carbons (Fsp3) is 0.769. The first kappa shape index (κ1) is 9.95. The van der Waals surface area contributed by atoms with Gasteiger partial charge in [0.15, 0.2) is 0 Å². The van der Waals surface area contributed by atoms with Gasteiger partial charge in [0.2, 0.25) is 0 Å². The summed E-state index contributed by atoms with van der Waals surface area (Å²) in [7, 11) is 0. The molecule has 1 fully saturated rings. The smallest absolute Gasteiger partial charge is 0.143 e. The Morgan fingerprint density at radius 3 is 2.86 bits per heavy atom. The fourth-order valence-electron chi connectivity index (χ4n) is 3.38. The maximum absolute atomic E-state index is 12.1. The lowest BCUT2D eigenvalue weighted by molar-refractivity contribution is -0.131. The molecule has 0 aromatic rings. The van der Waals surface area contributed by atoms with Crippen molar-refractivity contribution in [3.05, 3.63) is 12.2 Å². The molecule has 2 rings (SSSR count). The van der Waals surface area contributed by atoms with Gasteiger partial charge in [-0.25, -0.2) is 0 Å². The topological polar surface area (TPSA) is 17.1 Å². The zero-order valence-corrected chi connectivity index (χ0v) is 9.25. The molecule has 0 aromatic heterocycles. The van der Waals surface area contributed by atoms with Gasteiger partial charge in [-0.1, -0.05) is 38.8 Å². The van der Waals surface area contributed by atoms with Crippen LogP contribution in [0.25, 0.3) is 0 Å². The molecule has 1 heteroatoms. The van der Waals surface area contributed by atoms with E-state index in [9.17, 15) is 4.79 Å². The summed E-state index contributed by atoms with van der Waals surface area (Å²) in [5, 5.41) is 0. The van der Waals surface area contributed by atoms with Gasteiger partial charge in [-0.2, -0.15) is 0 Å². The third kappa shape index (κ3) is 1.25. The average Bonchev–Trinajstić information content (AvgIpc) is 2.56. The van der Waals surface area contributed by atoms with Crippen LogP contribution in [-0.2, 0) is 4.79 Å². The largest absolute Gasteiger partial charge is 0.299 e. The number of allylic oxidation sites excluding steroid dienone is 2. The van der Waals surface area contributed by atoms with Gasteiger partial charge < -0.3 is 0 Å². The van der Waals surface area contributed by atoms with Crippen LogP contribution in [-0.4, -0.2) is 5.78 Å². The normalized spacial score (nSPS) is 35.6. The Balaban J connectivity index is 2.28. The first-order valence-corrected chi connectivity index (χ1v) is 5.95. The van der Waals surface area contributed by atoms with Gasteiger partial charge in [0.1, 0.15) is 5.78 Å². The van der Waals surface area contributed by atoms with E-state index >= 15 is 0 Å². The van der Waals surface area contributed by atoms with Crippen molar-refractivity contribution in [2.75, 3.05) is 0 Å². The molecular formula is C13H20O. The number of fused-ring (bicyclic) bond motifs is 2. The van der Waals surface area contributed by atoms with Gasteiger partial charge >= 0.3 is 0 Å². The van der Waals surface area contributed by atoms with Crippen molar-refractivity contribution in [3.63, 3.8) is 0 Å². The van der Waals surface area contributed by atoms with Crippen LogP contribution < -0.4 is 0 Å². The molecule has 2 aliphatic carbocycles. The lowest BCUT2D eigenvalue weighted by Gasteiger charge is -2.37. The van der Waals surface area contributed by atoms with E-state index in [0.717, 1.165) is 32.1 Å². The summed E-state index contributed by atoms with van der Waals surface area (Å²) in [5.74, 6) is 1.79. The van der Waals surface area contributed by atoms with Crippen molar-refractivity contribution in [2.24, 2.45) is 17.3 Å². The molecule has 0 saturated heterocycles. The highest BCUT2D eigenvalue weighted by atomic mass is 16.1. The Bertz CT molecular complexity index is 262. The second-order valence-electron chi connectivity index (χ2n) is 4.84. The molecule has 2 aliphatic rings. The second-order valence-corrected chi connectivity index (χ2v) is 4.84. The van der Waals surface area contributed by atoms with Crippen LogP contribution in [0, 0.1) is 17.3 Å². The van der Waals surface area contributed by atoms with E-state index in [1.54, 1.807) is 0 Å². The van der Waals surface area contributed by atoms with Crippen molar-refractivity contribution in [1.29, 1.82) is 0 Å². The van der Waals surface area contributed by atoms with Crippen LogP contribution in [0.3, 0.4) is 0 Å². The number of Topliss-reactive ketones (excluding diaryl/α,β-unsaturated/α-hetero) is 1. The Morgan fingerprint density at radius 2 is 2.21 bits per heavy atom. The van der Waals surface area contributed by atoms with Gasteiger partial charge in [0.25, 0.3) is 0 Å². The molecule has 0 radical (unpaired) electrons. The van der Waals surface area contributed by atoms with Crippen molar-refractivity contribution in [3.8, 4) is 0 Å². The summed E-state index contributed by atoms with van der Waals surface area (Å²) in [6, 6.07) is 0. The minimum Gasteiger partial charge on any atom is -0.299 e. The first-order valence-electron chi connectivity index (χ1n) is 5.95. The second kappa shape index (κ2) is 3.52. The van der Waals surface area contributed by atoms with E-state index in [2.05, 4.69) is 26.0 Å². The maximum Gasteiger partial charge on any atom is 0.143 e. The zero-order valence-electron chi connectivity index (χ0n) is 9.25. The number of ketones is 1. The lowest BCUT2D eigenvalue weighted by atomic mass is 9.64. The molecule has 14 heavy (non-hydrogen) atoms. The number of carbonyl (C=O) groups is 1. The predicted octanol–water partition coefficient (Wildman–Crippen LogP) is 3.35. The van der Waals surface area contributed by atoms with Gasteiger partial charge in [0.05, 0.1) is 5.41 Å². The summed E-state index contributed by atoms with van der Waals surface area (Å²) in [4.78, 5) is 12.1. The molecule has 1 saturated carbocycles. The summed E-state index contributed by atoms with van der Waals surface area (Å²) in [6.07, 6.45) is 9.83. The summed E-state index contributed by atoms with van der Waals surface area (Å²) in [5.41, 5.74) is -0.0492. The fourth-order valence-corrected chi connectivity index (χ4v) is 3.38. The monoisotopic (exact) mass is 192 g/mol. The van der Waals surface area contributed by atoms with Crippen LogP contribution in [0.5, 0.6) is 0 Å². The highest BCUT2D eigenvalue weighted by Crippen LogP contribution is 2.50. The summed E-state index contributed by atoms with van der Waals surface area (Å²) < 4.78 is 0. The van der Waals surface area contributed by atoms with Crippen molar-refractivity contribution < 1.29 is 4.79 Å². The molecule has 78 valence electrons. The molecule has 0 amide bonds. The molecule has 0 heterocycles. The third-order valence-corrected chi connectivity index (χ3v) is 4.24. The van der Waals surface area contributed by atoms with Crippen molar-refractivity contribution >= 4 is 5.78 Å². The van der Waals surface area contributed by atoms with E-state index < -0.39 is 0 Å².